The summed E-state index contributed by atoms with van der Waals surface area (Å²) in [5, 5.41) is 0. The lowest BCUT2D eigenvalue weighted by Gasteiger charge is -2.35. The van der Waals surface area contributed by atoms with Gasteiger partial charge >= 0.3 is 0 Å². The molecule has 2 atom stereocenters. The molecule has 2 aliphatic rings. The van der Waals surface area contributed by atoms with Gasteiger partial charge in [0.2, 0.25) is 0 Å². The van der Waals surface area contributed by atoms with E-state index in [9.17, 15) is 8.42 Å². The highest BCUT2D eigenvalue weighted by atomic mass is 32.2. The predicted octanol–water partition coefficient (Wildman–Crippen LogP) is 5.24. The molecule has 36 heavy (non-hydrogen) atoms. The Balaban J connectivity index is 1.44. The van der Waals surface area contributed by atoms with E-state index in [0.717, 1.165) is 52.0 Å². The molecule has 2 fully saturated rings. The molecule has 192 valence electrons. The molecule has 7 nitrogen and oxygen atoms in total. The lowest BCUT2D eigenvalue weighted by atomic mass is 9.93. The SMILES string of the molecule is CS(=O)Nc1ccc(-c2ncc(-c3cccc(S(=O)NC(C)(C)C)c3)[nH]2)c(N2CCC3(CC2)CC3)c1. The maximum Gasteiger partial charge on any atom is 0.139 e. The minimum Gasteiger partial charge on any atom is -0.371 e. The van der Waals surface area contributed by atoms with Crippen molar-refractivity contribution in [2.75, 3.05) is 29.0 Å². The molecule has 9 heteroatoms. The molecule has 3 N–H and O–H groups in total. The van der Waals surface area contributed by atoms with E-state index in [1.807, 2.05) is 63.4 Å². The number of anilines is 2. The Hall–Kier alpha value is -2.49. The first kappa shape index (κ1) is 25.2. The predicted molar refractivity (Wildman–Crippen MR) is 150 cm³/mol. The Labute approximate surface area is 218 Å². The molecule has 2 heterocycles. The van der Waals surface area contributed by atoms with Crippen LogP contribution in [0.15, 0.2) is 53.6 Å². The van der Waals surface area contributed by atoms with Crippen LogP contribution in [-0.2, 0) is 22.0 Å². The number of benzene rings is 2. The van der Waals surface area contributed by atoms with Crippen molar-refractivity contribution in [3.8, 4) is 22.6 Å². The van der Waals surface area contributed by atoms with Crippen LogP contribution < -0.4 is 14.3 Å². The van der Waals surface area contributed by atoms with Crippen LogP contribution >= 0.6 is 0 Å². The van der Waals surface area contributed by atoms with Crippen molar-refractivity contribution >= 4 is 33.3 Å². The Morgan fingerprint density at radius 2 is 1.78 bits per heavy atom. The number of hydrogen-bond acceptors (Lipinski definition) is 4. The monoisotopic (exact) mass is 525 g/mol. The smallest absolute Gasteiger partial charge is 0.139 e. The number of hydrogen-bond donors (Lipinski definition) is 3. The van der Waals surface area contributed by atoms with Crippen LogP contribution in [0.5, 0.6) is 0 Å². The van der Waals surface area contributed by atoms with Crippen LogP contribution in [0.25, 0.3) is 22.6 Å². The second-order valence-electron chi connectivity index (χ2n) is 11.1. The Morgan fingerprint density at radius 1 is 1.03 bits per heavy atom. The molecular formula is C27H35N5O2S2. The molecule has 1 saturated carbocycles. The number of H-pyrrole nitrogens is 1. The van der Waals surface area contributed by atoms with Gasteiger partial charge in [-0.3, -0.25) is 0 Å². The molecule has 2 unspecified atom stereocenters. The van der Waals surface area contributed by atoms with E-state index in [1.165, 1.54) is 25.7 Å². The average Bonchev–Trinajstić information content (AvgIpc) is 3.39. The van der Waals surface area contributed by atoms with E-state index in [0.29, 0.717) is 5.41 Å². The van der Waals surface area contributed by atoms with Crippen molar-refractivity contribution in [2.45, 2.75) is 56.9 Å². The summed E-state index contributed by atoms with van der Waals surface area (Å²) in [6.07, 6.45) is 8.64. The van der Waals surface area contributed by atoms with Crippen LogP contribution in [0.2, 0.25) is 0 Å². The van der Waals surface area contributed by atoms with Gasteiger partial charge < -0.3 is 14.6 Å². The number of nitrogens with one attached hydrogen (secondary N) is 3. The number of imidazole rings is 1. The largest absolute Gasteiger partial charge is 0.371 e. The maximum atomic E-state index is 12.8. The highest BCUT2D eigenvalue weighted by Gasteiger charge is 2.44. The third-order valence-corrected chi connectivity index (χ3v) is 8.97. The van der Waals surface area contributed by atoms with E-state index in [-0.39, 0.29) is 5.54 Å². The van der Waals surface area contributed by atoms with Gasteiger partial charge in [-0.2, -0.15) is 0 Å². The van der Waals surface area contributed by atoms with Gasteiger partial charge in [0.25, 0.3) is 0 Å². The second kappa shape index (κ2) is 9.76. The van der Waals surface area contributed by atoms with Gasteiger partial charge in [0.15, 0.2) is 0 Å². The zero-order chi connectivity index (χ0) is 25.5. The van der Waals surface area contributed by atoms with Crippen molar-refractivity contribution in [1.29, 1.82) is 0 Å². The number of aromatic amines is 1. The van der Waals surface area contributed by atoms with Crippen LogP contribution in [0.1, 0.15) is 46.5 Å². The van der Waals surface area contributed by atoms with Gasteiger partial charge in [0.1, 0.15) is 27.8 Å². The quantitative estimate of drug-likeness (QED) is 0.394. The van der Waals surface area contributed by atoms with Gasteiger partial charge in [-0.25, -0.2) is 18.1 Å². The van der Waals surface area contributed by atoms with Crippen molar-refractivity contribution in [3.05, 3.63) is 48.7 Å². The van der Waals surface area contributed by atoms with Crippen molar-refractivity contribution in [2.24, 2.45) is 5.41 Å². The summed E-state index contributed by atoms with van der Waals surface area (Å²) < 4.78 is 30.8. The van der Waals surface area contributed by atoms with Crippen molar-refractivity contribution < 1.29 is 8.42 Å². The number of nitrogens with zero attached hydrogens (tertiary/aromatic N) is 2. The van der Waals surface area contributed by atoms with Crippen molar-refractivity contribution in [3.63, 3.8) is 0 Å². The van der Waals surface area contributed by atoms with Crippen molar-refractivity contribution in [1.82, 2.24) is 14.7 Å². The fraction of sp³-hybridized carbons (Fsp3) is 0.444. The van der Waals surface area contributed by atoms with E-state index in [4.69, 9.17) is 4.98 Å². The first-order chi connectivity index (χ1) is 17.1. The van der Waals surface area contributed by atoms with E-state index in [2.05, 4.69) is 25.4 Å². The summed E-state index contributed by atoms with van der Waals surface area (Å²) in [4.78, 5) is 11.4. The first-order valence-electron chi connectivity index (χ1n) is 12.5. The van der Waals surface area contributed by atoms with Gasteiger partial charge in [-0.15, -0.1) is 0 Å². The Morgan fingerprint density at radius 3 is 2.44 bits per heavy atom. The Bertz CT molecular complexity index is 1300. The minimum absolute atomic E-state index is 0.253. The molecule has 1 saturated heterocycles. The number of aromatic nitrogens is 2. The molecule has 2 aromatic carbocycles. The number of piperidine rings is 1. The normalized spacial score (nSPS) is 18.7. The summed E-state index contributed by atoms with van der Waals surface area (Å²) in [6.45, 7) is 8.04. The van der Waals surface area contributed by atoms with E-state index >= 15 is 0 Å². The third kappa shape index (κ3) is 5.74. The summed E-state index contributed by atoms with van der Waals surface area (Å²) in [5.74, 6) is 0.787. The molecule has 1 aliphatic heterocycles. The lowest BCUT2D eigenvalue weighted by Crippen LogP contribution is -2.37. The fourth-order valence-corrected chi connectivity index (χ4v) is 6.41. The average molecular weight is 526 g/mol. The van der Waals surface area contributed by atoms with Crippen LogP contribution in [0, 0.1) is 5.41 Å². The topological polar surface area (TPSA) is 90.1 Å². The van der Waals surface area contributed by atoms with E-state index in [1.54, 1.807) is 6.26 Å². The summed E-state index contributed by atoms with van der Waals surface area (Å²) >= 11 is 0. The van der Waals surface area contributed by atoms with Crippen LogP contribution in [-0.4, -0.2) is 43.3 Å². The Kier molecular flexibility index (Phi) is 6.82. The summed E-state index contributed by atoms with van der Waals surface area (Å²) in [6, 6.07) is 13.8. The zero-order valence-corrected chi connectivity index (χ0v) is 23.0. The molecule has 1 spiro atoms. The molecule has 0 bridgehead atoms. The van der Waals surface area contributed by atoms with E-state index < -0.39 is 22.0 Å². The van der Waals surface area contributed by atoms with Crippen LogP contribution in [0.3, 0.4) is 0 Å². The zero-order valence-electron chi connectivity index (χ0n) is 21.4. The van der Waals surface area contributed by atoms with Gasteiger partial charge in [-0.05, 0) is 82.2 Å². The van der Waals surface area contributed by atoms with Gasteiger partial charge in [0, 0.05) is 47.4 Å². The molecule has 0 radical (unpaired) electrons. The summed E-state index contributed by atoms with van der Waals surface area (Å²) in [5.41, 5.74) is 5.11. The third-order valence-electron chi connectivity index (χ3n) is 6.97. The molecule has 5 rings (SSSR count). The molecule has 3 aromatic rings. The summed E-state index contributed by atoms with van der Waals surface area (Å²) in [7, 11) is -2.44. The lowest BCUT2D eigenvalue weighted by molar-refractivity contribution is 0.384. The highest BCUT2D eigenvalue weighted by Crippen LogP contribution is 2.54. The molecular weight excluding hydrogens is 490 g/mol. The second-order valence-corrected chi connectivity index (χ2v) is 13.4. The van der Waals surface area contributed by atoms with Gasteiger partial charge in [0.05, 0.1) is 16.8 Å². The van der Waals surface area contributed by atoms with Gasteiger partial charge in [-0.1, -0.05) is 12.1 Å². The first-order valence-corrected chi connectivity index (χ1v) is 15.2. The highest BCUT2D eigenvalue weighted by molar-refractivity contribution is 7.85. The molecule has 0 amide bonds. The maximum absolute atomic E-state index is 12.8. The minimum atomic E-state index is -1.31. The number of rotatable bonds is 7. The molecule has 1 aliphatic carbocycles. The van der Waals surface area contributed by atoms with Crippen LogP contribution in [0.4, 0.5) is 11.4 Å². The molecule has 1 aromatic heterocycles. The fourth-order valence-electron chi connectivity index (χ4n) is 4.84. The standard InChI is InChI=1S/C27H35N5O2S2/c1-26(2,3)31-36(34)21-7-5-6-19(16-21)23-18-28-25(29-23)22-9-8-20(30-35(4)33)17-24(22)32-14-12-27(10-11-27)13-15-32/h5-9,16-18,30-31H,10-15H2,1-4H3,(H,28,29).